The lowest BCUT2D eigenvalue weighted by Gasteiger charge is -2.27. The molecule has 0 aliphatic carbocycles. The fraction of sp³-hybridized carbons (Fsp3) is 0.222. The Balaban J connectivity index is 1.56. The van der Waals surface area contributed by atoms with Crippen LogP contribution in [0.5, 0.6) is 5.75 Å². The first kappa shape index (κ1) is 17.0. The van der Waals surface area contributed by atoms with Crippen molar-refractivity contribution in [2.75, 3.05) is 6.54 Å². The molecule has 4 rings (SSSR count). The summed E-state index contributed by atoms with van der Waals surface area (Å²) in [5.41, 5.74) is 1.47. The molecule has 27 heavy (non-hydrogen) atoms. The quantitative estimate of drug-likeness (QED) is 0.534. The lowest BCUT2D eigenvalue weighted by Crippen LogP contribution is -2.35. The Morgan fingerprint density at radius 2 is 2.22 bits per heavy atom. The summed E-state index contributed by atoms with van der Waals surface area (Å²) in [4.78, 5) is 32.1. The highest BCUT2D eigenvalue weighted by Crippen LogP contribution is 2.27. The van der Waals surface area contributed by atoms with E-state index in [0.717, 1.165) is 5.69 Å². The summed E-state index contributed by atoms with van der Waals surface area (Å²) in [5, 5.41) is 20.5. The van der Waals surface area contributed by atoms with Crippen LogP contribution in [0, 0.1) is 10.1 Å². The van der Waals surface area contributed by atoms with Crippen molar-refractivity contribution in [3.05, 3.63) is 73.9 Å². The predicted molar refractivity (Wildman–Crippen MR) is 95.1 cm³/mol. The first-order valence-corrected chi connectivity index (χ1v) is 8.36. The standard InChI is InChI=1S/C18H16N4O5/c23-15-4-3-11(8-14(15)22(25)26)9-21-6-5-13-12(10-21)18(24)20-17(19-13)16-2-1-7-27-16/h1-4,7-8,23H,5-6,9-10H2,(H,19,20,24). The zero-order valence-electron chi connectivity index (χ0n) is 14.2. The Morgan fingerprint density at radius 1 is 1.37 bits per heavy atom. The Kier molecular flexibility index (Phi) is 4.21. The van der Waals surface area contributed by atoms with E-state index in [1.54, 1.807) is 18.2 Å². The second-order valence-electron chi connectivity index (χ2n) is 6.36. The van der Waals surface area contributed by atoms with Crippen molar-refractivity contribution in [1.82, 2.24) is 14.9 Å². The molecule has 0 atom stereocenters. The van der Waals surface area contributed by atoms with Gasteiger partial charge in [0.25, 0.3) is 5.56 Å². The van der Waals surface area contributed by atoms with Crippen LogP contribution in [-0.2, 0) is 19.5 Å². The van der Waals surface area contributed by atoms with Gasteiger partial charge in [-0.3, -0.25) is 19.8 Å². The Hall–Kier alpha value is -3.46. The van der Waals surface area contributed by atoms with E-state index in [1.807, 2.05) is 4.90 Å². The van der Waals surface area contributed by atoms with E-state index in [2.05, 4.69) is 9.97 Å². The van der Waals surface area contributed by atoms with Crippen LogP contribution in [0.4, 0.5) is 5.69 Å². The van der Waals surface area contributed by atoms with Gasteiger partial charge in [-0.25, -0.2) is 4.98 Å². The third kappa shape index (κ3) is 3.32. The molecule has 0 amide bonds. The smallest absolute Gasteiger partial charge is 0.311 e. The number of aromatic nitrogens is 2. The lowest BCUT2D eigenvalue weighted by atomic mass is 10.1. The molecule has 2 aromatic heterocycles. The molecule has 1 aliphatic heterocycles. The molecule has 1 aliphatic rings. The van der Waals surface area contributed by atoms with Gasteiger partial charge in [-0.1, -0.05) is 6.07 Å². The van der Waals surface area contributed by atoms with E-state index in [1.165, 1.54) is 18.4 Å². The van der Waals surface area contributed by atoms with Crippen molar-refractivity contribution in [3.8, 4) is 17.3 Å². The molecule has 3 aromatic rings. The number of rotatable bonds is 4. The van der Waals surface area contributed by atoms with E-state index >= 15 is 0 Å². The van der Waals surface area contributed by atoms with Gasteiger partial charge in [0.2, 0.25) is 0 Å². The Labute approximate surface area is 153 Å². The zero-order chi connectivity index (χ0) is 19.0. The van der Waals surface area contributed by atoms with Crippen LogP contribution in [0.2, 0.25) is 0 Å². The van der Waals surface area contributed by atoms with Gasteiger partial charge in [-0.05, 0) is 23.8 Å². The summed E-state index contributed by atoms with van der Waals surface area (Å²) in [7, 11) is 0. The van der Waals surface area contributed by atoms with Crippen molar-refractivity contribution >= 4 is 5.69 Å². The van der Waals surface area contributed by atoms with Gasteiger partial charge in [-0.2, -0.15) is 0 Å². The number of nitro benzene ring substituents is 1. The van der Waals surface area contributed by atoms with E-state index in [0.29, 0.717) is 48.8 Å². The SMILES string of the molecule is O=c1[nH]c(-c2ccco2)nc2c1CN(Cc1ccc(O)c([N+](=O)[O-])c1)CC2. The number of hydrogen-bond acceptors (Lipinski definition) is 7. The highest BCUT2D eigenvalue weighted by molar-refractivity contribution is 5.48. The number of phenols is 1. The topological polar surface area (TPSA) is 126 Å². The molecular weight excluding hydrogens is 352 g/mol. The van der Waals surface area contributed by atoms with E-state index < -0.39 is 4.92 Å². The van der Waals surface area contributed by atoms with Crippen LogP contribution in [0.25, 0.3) is 11.6 Å². The molecule has 0 saturated heterocycles. The number of hydrogen-bond donors (Lipinski definition) is 2. The third-order valence-electron chi connectivity index (χ3n) is 4.54. The first-order chi connectivity index (χ1) is 13.0. The molecule has 138 valence electrons. The maximum atomic E-state index is 12.5. The minimum Gasteiger partial charge on any atom is -0.502 e. The van der Waals surface area contributed by atoms with Gasteiger partial charge in [0.1, 0.15) is 0 Å². The van der Waals surface area contributed by atoms with Crippen molar-refractivity contribution in [2.45, 2.75) is 19.5 Å². The number of nitrogens with one attached hydrogen (secondary N) is 1. The summed E-state index contributed by atoms with van der Waals surface area (Å²) in [6.07, 6.45) is 2.11. The number of benzene rings is 1. The molecule has 0 spiro atoms. The molecule has 9 heteroatoms. The van der Waals surface area contributed by atoms with Crippen LogP contribution >= 0.6 is 0 Å². The molecule has 0 radical (unpaired) electrons. The van der Waals surface area contributed by atoms with Crippen LogP contribution in [0.3, 0.4) is 0 Å². The van der Waals surface area contributed by atoms with Crippen molar-refractivity contribution < 1.29 is 14.4 Å². The van der Waals surface area contributed by atoms with Crippen molar-refractivity contribution in [1.29, 1.82) is 0 Å². The number of nitro groups is 1. The van der Waals surface area contributed by atoms with Crippen LogP contribution in [0.1, 0.15) is 16.8 Å². The molecular formula is C18H16N4O5. The minimum absolute atomic E-state index is 0.215. The van der Waals surface area contributed by atoms with Gasteiger partial charge >= 0.3 is 5.69 Å². The summed E-state index contributed by atoms with van der Waals surface area (Å²) in [6, 6.07) is 7.77. The van der Waals surface area contributed by atoms with E-state index in [9.17, 15) is 20.0 Å². The minimum atomic E-state index is -0.616. The first-order valence-electron chi connectivity index (χ1n) is 8.36. The molecule has 1 aromatic carbocycles. The number of nitrogens with zero attached hydrogens (tertiary/aromatic N) is 3. The van der Waals surface area contributed by atoms with Gasteiger partial charge in [-0.15, -0.1) is 0 Å². The maximum Gasteiger partial charge on any atom is 0.311 e. The van der Waals surface area contributed by atoms with Gasteiger partial charge < -0.3 is 14.5 Å². The average molecular weight is 368 g/mol. The fourth-order valence-corrected chi connectivity index (χ4v) is 3.22. The van der Waals surface area contributed by atoms with Gasteiger partial charge in [0.15, 0.2) is 17.3 Å². The fourth-order valence-electron chi connectivity index (χ4n) is 3.22. The number of aromatic hydroxyl groups is 1. The van der Waals surface area contributed by atoms with Crippen molar-refractivity contribution in [2.24, 2.45) is 0 Å². The normalized spacial score (nSPS) is 14.1. The number of fused-ring (bicyclic) bond motifs is 1. The molecule has 0 fully saturated rings. The highest BCUT2D eigenvalue weighted by atomic mass is 16.6. The van der Waals surface area contributed by atoms with E-state index in [-0.39, 0.29) is 17.0 Å². The second-order valence-corrected chi connectivity index (χ2v) is 6.36. The summed E-state index contributed by atoms with van der Waals surface area (Å²) in [5.74, 6) is 0.555. The summed E-state index contributed by atoms with van der Waals surface area (Å²) in [6.45, 7) is 1.49. The number of phenolic OH excluding ortho intramolecular Hbond substituents is 1. The van der Waals surface area contributed by atoms with Crippen LogP contribution < -0.4 is 5.56 Å². The van der Waals surface area contributed by atoms with Crippen LogP contribution in [-0.4, -0.2) is 31.4 Å². The molecule has 0 saturated carbocycles. The average Bonchev–Trinajstić information content (AvgIpc) is 3.18. The Morgan fingerprint density at radius 3 is 2.96 bits per heavy atom. The number of furan rings is 1. The number of aromatic amines is 1. The second kappa shape index (κ2) is 6.69. The molecule has 3 heterocycles. The molecule has 9 nitrogen and oxygen atoms in total. The molecule has 0 bridgehead atoms. The predicted octanol–water partition coefficient (Wildman–Crippen LogP) is 2.20. The third-order valence-corrected chi connectivity index (χ3v) is 4.54. The van der Waals surface area contributed by atoms with Crippen LogP contribution in [0.15, 0.2) is 45.8 Å². The van der Waals surface area contributed by atoms with Gasteiger partial charge in [0.05, 0.1) is 22.4 Å². The summed E-state index contributed by atoms with van der Waals surface area (Å²) < 4.78 is 5.29. The molecule has 2 N–H and O–H groups in total. The monoisotopic (exact) mass is 368 g/mol. The van der Waals surface area contributed by atoms with Crippen molar-refractivity contribution in [3.63, 3.8) is 0 Å². The molecule has 0 unspecified atom stereocenters. The lowest BCUT2D eigenvalue weighted by molar-refractivity contribution is -0.385. The van der Waals surface area contributed by atoms with Gasteiger partial charge in [0, 0.05) is 32.1 Å². The zero-order valence-corrected chi connectivity index (χ0v) is 14.2. The summed E-state index contributed by atoms with van der Waals surface area (Å²) >= 11 is 0. The number of H-pyrrole nitrogens is 1. The largest absolute Gasteiger partial charge is 0.502 e. The highest BCUT2D eigenvalue weighted by Gasteiger charge is 2.23. The Bertz CT molecular complexity index is 1060. The van der Waals surface area contributed by atoms with E-state index in [4.69, 9.17) is 4.42 Å². The maximum absolute atomic E-state index is 12.5.